The lowest BCUT2D eigenvalue weighted by atomic mass is 10.0. The quantitative estimate of drug-likeness (QED) is 0.782. The monoisotopic (exact) mass is 273 g/mol. The Labute approximate surface area is 119 Å². The van der Waals surface area contributed by atoms with Gasteiger partial charge in [-0.3, -0.25) is 4.79 Å². The average Bonchev–Trinajstić information content (AvgIpc) is 2.46. The van der Waals surface area contributed by atoms with Gasteiger partial charge in [-0.1, -0.05) is 23.5 Å². The second-order valence-electron chi connectivity index (χ2n) is 4.93. The second kappa shape index (κ2) is 6.56. The van der Waals surface area contributed by atoms with Gasteiger partial charge in [0.2, 0.25) is 0 Å². The van der Waals surface area contributed by atoms with E-state index in [1.165, 1.54) is 0 Å². The van der Waals surface area contributed by atoms with Crippen molar-refractivity contribution < 1.29 is 14.6 Å². The van der Waals surface area contributed by atoms with E-state index in [2.05, 4.69) is 11.8 Å². The van der Waals surface area contributed by atoms with Crippen LogP contribution in [0.25, 0.3) is 0 Å². The van der Waals surface area contributed by atoms with Crippen molar-refractivity contribution in [3.63, 3.8) is 0 Å². The minimum absolute atomic E-state index is 0.0215. The molecule has 4 heteroatoms. The number of hydrogen-bond donors (Lipinski definition) is 1. The first-order valence-corrected chi connectivity index (χ1v) is 6.72. The van der Waals surface area contributed by atoms with E-state index in [0.29, 0.717) is 30.9 Å². The highest BCUT2D eigenvalue weighted by Gasteiger charge is 2.26. The molecule has 0 saturated carbocycles. The Bertz CT molecular complexity index is 557. The van der Waals surface area contributed by atoms with Gasteiger partial charge in [0.15, 0.2) is 0 Å². The van der Waals surface area contributed by atoms with Crippen LogP contribution in [0.2, 0.25) is 0 Å². The molecule has 1 fully saturated rings. The lowest BCUT2D eigenvalue weighted by Gasteiger charge is -2.33. The fraction of sp³-hybridized carbons (Fsp3) is 0.438. The van der Waals surface area contributed by atoms with Crippen molar-refractivity contribution in [2.45, 2.75) is 19.9 Å². The Morgan fingerprint density at radius 2 is 2.35 bits per heavy atom. The van der Waals surface area contributed by atoms with E-state index in [1.807, 2.05) is 36.9 Å². The van der Waals surface area contributed by atoms with Crippen molar-refractivity contribution in [2.75, 3.05) is 26.4 Å². The molecule has 4 nitrogen and oxygen atoms in total. The van der Waals surface area contributed by atoms with Crippen LogP contribution < -0.4 is 0 Å². The highest BCUT2D eigenvalue weighted by Crippen LogP contribution is 2.17. The summed E-state index contributed by atoms with van der Waals surface area (Å²) in [6, 6.07) is 5.67. The van der Waals surface area contributed by atoms with Gasteiger partial charge in [-0.15, -0.1) is 0 Å². The zero-order chi connectivity index (χ0) is 14.5. The van der Waals surface area contributed by atoms with Crippen LogP contribution in [0.5, 0.6) is 0 Å². The first kappa shape index (κ1) is 14.6. The van der Waals surface area contributed by atoms with Crippen LogP contribution in [0, 0.1) is 18.8 Å². The molecular weight excluding hydrogens is 254 g/mol. The number of nitrogens with zero attached hydrogens (tertiary/aromatic N) is 1. The molecule has 20 heavy (non-hydrogen) atoms. The van der Waals surface area contributed by atoms with Crippen LogP contribution in [0.3, 0.4) is 0 Å². The molecule has 2 rings (SSSR count). The third kappa shape index (κ3) is 3.19. The van der Waals surface area contributed by atoms with E-state index in [0.717, 1.165) is 5.56 Å². The zero-order valence-corrected chi connectivity index (χ0v) is 11.8. The molecule has 1 amide bonds. The van der Waals surface area contributed by atoms with Crippen molar-refractivity contribution in [2.24, 2.45) is 0 Å². The number of aliphatic hydroxyl groups excluding tert-OH is 1. The molecule has 1 aromatic rings. The molecule has 106 valence electrons. The lowest BCUT2D eigenvalue weighted by molar-refractivity contribution is 0.00357. The average molecular weight is 273 g/mol. The topological polar surface area (TPSA) is 49.8 Å². The number of carbonyl (C=O) groups is 1. The molecule has 0 radical (unpaired) electrons. The molecule has 0 spiro atoms. The van der Waals surface area contributed by atoms with Crippen LogP contribution in [0.15, 0.2) is 18.2 Å². The molecule has 0 aliphatic carbocycles. The molecule has 1 heterocycles. The van der Waals surface area contributed by atoms with Crippen molar-refractivity contribution in [3.05, 3.63) is 34.9 Å². The number of aliphatic hydroxyl groups is 1. The Hall–Kier alpha value is -1.83. The number of hydrogen-bond acceptors (Lipinski definition) is 3. The van der Waals surface area contributed by atoms with Crippen LogP contribution in [0.1, 0.15) is 28.4 Å². The van der Waals surface area contributed by atoms with Crippen LogP contribution in [-0.4, -0.2) is 48.3 Å². The van der Waals surface area contributed by atoms with Gasteiger partial charge in [0, 0.05) is 12.1 Å². The summed E-state index contributed by atoms with van der Waals surface area (Å²) in [5.74, 6) is 5.43. The zero-order valence-electron chi connectivity index (χ0n) is 11.8. The lowest BCUT2D eigenvalue weighted by Crippen LogP contribution is -2.47. The number of benzene rings is 1. The largest absolute Gasteiger partial charge is 0.384 e. The maximum Gasteiger partial charge on any atom is 0.255 e. The highest BCUT2D eigenvalue weighted by molar-refractivity contribution is 5.97. The van der Waals surface area contributed by atoms with E-state index >= 15 is 0 Å². The summed E-state index contributed by atoms with van der Waals surface area (Å²) in [5, 5.41) is 8.82. The van der Waals surface area contributed by atoms with E-state index < -0.39 is 0 Å². The molecule has 0 bridgehead atoms. The van der Waals surface area contributed by atoms with Crippen LogP contribution >= 0.6 is 0 Å². The molecule has 1 aliphatic rings. The van der Waals surface area contributed by atoms with Crippen molar-refractivity contribution in [1.82, 2.24) is 4.90 Å². The summed E-state index contributed by atoms with van der Waals surface area (Å²) in [5.41, 5.74) is 2.27. The van der Waals surface area contributed by atoms with E-state index in [1.54, 1.807) is 0 Å². The molecule has 1 unspecified atom stereocenters. The van der Waals surface area contributed by atoms with E-state index in [9.17, 15) is 4.79 Å². The molecule has 1 aromatic carbocycles. The molecule has 1 aliphatic heterocycles. The number of aryl methyl sites for hydroxylation is 1. The number of carbonyl (C=O) groups excluding carboxylic acids is 1. The van der Waals surface area contributed by atoms with Gasteiger partial charge in [0.25, 0.3) is 5.91 Å². The Morgan fingerprint density at radius 1 is 1.55 bits per heavy atom. The Morgan fingerprint density at radius 3 is 3.05 bits per heavy atom. The van der Waals surface area contributed by atoms with Gasteiger partial charge in [-0.05, 0) is 26.0 Å². The van der Waals surface area contributed by atoms with E-state index in [4.69, 9.17) is 9.84 Å². The molecule has 0 aromatic heterocycles. The summed E-state index contributed by atoms with van der Waals surface area (Å²) >= 11 is 0. The Kier molecular flexibility index (Phi) is 4.78. The highest BCUT2D eigenvalue weighted by atomic mass is 16.5. The molecule has 1 atom stereocenters. The summed E-state index contributed by atoms with van der Waals surface area (Å²) in [4.78, 5) is 14.5. The predicted octanol–water partition coefficient (Wildman–Crippen LogP) is 1.20. The van der Waals surface area contributed by atoms with Crippen molar-refractivity contribution in [1.29, 1.82) is 0 Å². The van der Waals surface area contributed by atoms with Gasteiger partial charge in [-0.2, -0.15) is 0 Å². The fourth-order valence-corrected chi connectivity index (χ4v) is 2.26. The van der Waals surface area contributed by atoms with Gasteiger partial charge < -0.3 is 14.7 Å². The van der Waals surface area contributed by atoms with Crippen molar-refractivity contribution in [3.8, 4) is 11.8 Å². The summed E-state index contributed by atoms with van der Waals surface area (Å²) in [6.45, 7) is 5.44. The van der Waals surface area contributed by atoms with Gasteiger partial charge in [-0.25, -0.2) is 0 Å². The summed E-state index contributed by atoms with van der Waals surface area (Å²) in [6.07, 6.45) is 0. The minimum atomic E-state index is -0.213. The number of amides is 1. The number of morpholine rings is 1. The fourth-order valence-electron chi connectivity index (χ4n) is 2.26. The third-order valence-corrected chi connectivity index (χ3v) is 3.34. The first-order valence-electron chi connectivity index (χ1n) is 6.72. The van der Waals surface area contributed by atoms with Crippen LogP contribution in [0.4, 0.5) is 0 Å². The number of rotatable bonds is 1. The van der Waals surface area contributed by atoms with Crippen LogP contribution in [-0.2, 0) is 4.74 Å². The van der Waals surface area contributed by atoms with E-state index in [-0.39, 0.29) is 18.6 Å². The first-order chi connectivity index (χ1) is 9.63. The molecule has 1 N–H and O–H groups in total. The minimum Gasteiger partial charge on any atom is -0.384 e. The smallest absolute Gasteiger partial charge is 0.255 e. The third-order valence-electron chi connectivity index (χ3n) is 3.34. The normalized spacial score (nSPS) is 18.4. The maximum atomic E-state index is 12.7. The Balaban J connectivity index is 2.34. The van der Waals surface area contributed by atoms with Crippen molar-refractivity contribution >= 4 is 5.91 Å². The number of ether oxygens (including phenoxy) is 1. The molecular formula is C16H19NO3. The second-order valence-corrected chi connectivity index (χ2v) is 4.93. The SMILES string of the molecule is Cc1ccc(C#CCO)c(C(=O)N2CCOCC2C)c1. The van der Waals surface area contributed by atoms with Gasteiger partial charge in [0.1, 0.15) is 6.61 Å². The summed E-state index contributed by atoms with van der Waals surface area (Å²) in [7, 11) is 0. The maximum absolute atomic E-state index is 12.7. The van der Waals surface area contributed by atoms with Gasteiger partial charge in [0.05, 0.1) is 24.8 Å². The summed E-state index contributed by atoms with van der Waals surface area (Å²) < 4.78 is 5.36. The predicted molar refractivity (Wildman–Crippen MR) is 76.5 cm³/mol. The van der Waals surface area contributed by atoms with Gasteiger partial charge >= 0.3 is 0 Å². The molecule has 1 saturated heterocycles. The standard InChI is InChI=1S/C16H19NO3/c1-12-5-6-14(4-3-8-18)15(10-12)16(19)17-7-9-20-11-13(17)2/h5-6,10,13,18H,7-9,11H2,1-2H3.